The highest BCUT2D eigenvalue weighted by Crippen LogP contribution is 2.46. The molecule has 206 valence electrons. The van der Waals surface area contributed by atoms with E-state index in [0.29, 0.717) is 35.6 Å². The average Bonchev–Trinajstić information content (AvgIpc) is 3.38. The Morgan fingerprint density at radius 2 is 1.92 bits per heavy atom. The van der Waals surface area contributed by atoms with Crippen molar-refractivity contribution < 1.29 is 22.7 Å². The lowest BCUT2D eigenvalue weighted by Gasteiger charge is -2.50. The summed E-state index contributed by atoms with van der Waals surface area (Å²) in [5.41, 5.74) is -0.626. The van der Waals surface area contributed by atoms with E-state index in [0.717, 1.165) is 32.1 Å². The SMILES string of the molecule is COCC12CN(S(=O)(=O)c3cc4cc(Cl)ccc4[nH]3)CC(=O)N1CC1(CCN(C(=O)C3CCC3)CC1)N2C. The zero-order valence-corrected chi connectivity index (χ0v) is 23.4. The molecule has 1 aliphatic carbocycles. The van der Waals surface area contributed by atoms with Crippen molar-refractivity contribution >= 4 is 44.3 Å². The van der Waals surface area contributed by atoms with Crippen molar-refractivity contribution in [2.24, 2.45) is 5.92 Å². The molecule has 4 fully saturated rings. The van der Waals surface area contributed by atoms with Crippen LogP contribution in [0.3, 0.4) is 0 Å². The van der Waals surface area contributed by atoms with Crippen LogP contribution in [0.15, 0.2) is 29.3 Å². The fourth-order valence-corrected chi connectivity index (χ4v) is 8.41. The number of nitrogens with one attached hydrogen (secondary N) is 1. The van der Waals surface area contributed by atoms with E-state index in [2.05, 4.69) is 9.88 Å². The summed E-state index contributed by atoms with van der Waals surface area (Å²) in [7, 11) is -0.461. The van der Waals surface area contributed by atoms with Crippen LogP contribution in [0.1, 0.15) is 32.1 Å². The smallest absolute Gasteiger partial charge is 0.259 e. The van der Waals surface area contributed by atoms with E-state index in [4.69, 9.17) is 16.3 Å². The predicted octanol–water partition coefficient (Wildman–Crippen LogP) is 2.10. The number of halogens is 1. The first-order valence-electron chi connectivity index (χ1n) is 13.2. The number of carbonyl (C=O) groups excluding carboxylic acids is 2. The van der Waals surface area contributed by atoms with E-state index in [1.54, 1.807) is 31.4 Å². The molecule has 1 spiro atoms. The molecule has 10 nitrogen and oxygen atoms in total. The Morgan fingerprint density at radius 1 is 1.18 bits per heavy atom. The molecule has 12 heteroatoms. The molecule has 1 aromatic carbocycles. The van der Waals surface area contributed by atoms with E-state index in [1.165, 1.54) is 4.31 Å². The van der Waals surface area contributed by atoms with Gasteiger partial charge in [-0.25, -0.2) is 8.42 Å². The first-order chi connectivity index (χ1) is 18.1. The van der Waals surface area contributed by atoms with Crippen LogP contribution < -0.4 is 0 Å². The second-order valence-corrected chi connectivity index (χ2v) is 13.6. The van der Waals surface area contributed by atoms with E-state index < -0.39 is 15.7 Å². The molecule has 2 amide bonds. The van der Waals surface area contributed by atoms with Crippen molar-refractivity contribution in [3.05, 3.63) is 29.3 Å². The number of sulfonamides is 1. The second kappa shape index (κ2) is 9.19. The number of amides is 2. The standard InChI is InChI=1S/C26H34ClN5O5S/c1-29-25(8-10-30(11-9-25)24(34)18-4-3-5-18)15-32-23(33)14-31(16-26(29,32)17-37-2)38(35,36)22-13-19-12-20(27)6-7-21(19)28-22/h6-7,12-13,18,28H,3-5,8-11,14-17H2,1-2H3. The maximum atomic E-state index is 13.8. The number of benzene rings is 1. The van der Waals surface area contributed by atoms with Crippen LogP contribution in [0, 0.1) is 5.92 Å². The van der Waals surface area contributed by atoms with Gasteiger partial charge in [-0.05, 0) is 57.0 Å². The van der Waals surface area contributed by atoms with Crippen LogP contribution >= 0.6 is 11.6 Å². The van der Waals surface area contributed by atoms with Gasteiger partial charge in [0.25, 0.3) is 10.0 Å². The third kappa shape index (κ3) is 3.89. The average molecular weight is 564 g/mol. The molecular weight excluding hydrogens is 530 g/mol. The molecule has 6 rings (SSSR count). The number of nitrogens with zero attached hydrogens (tertiary/aromatic N) is 4. The van der Waals surface area contributed by atoms with Gasteiger partial charge < -0.3 is 19.5 Å². The number of hydrogen-bond donors (Lipinski definition) is 1. The maximum absolute atomic E-state index is 13.8. The number of likely N-dealkylation sites (N-methyl/N-ethyl adjacent to an activating group) is 1. The quantitative estimate of drug-likeness (QED) is 0.597. The first kappa shape index (κ1) is 26.1. The van der Waals surface area contributed by atoms with Crippen LogP contribution in [0.2, 0.25) is 5.02 Å². The lowest BCUT2D eigenvalue weighted by atomic mass is 9.82. The predicted molar refractivity (Wildman–Crippen MR) is 142 cm³/mol. The largest absolute Gasteiger partial charge is 0.381 e. The van der Waals surface area contributed by atoms with E-state index in [9.17, 15) is 18.0 Å². The third-order valence-electron chi connectivity index (χ3n) is 9.34. The van der Waals surface area contributed by atoms with Gasteiger partial charge >= 0.3 is 0 Å². The van der Waals surface area contributed by atoms with Crippen molar-refractivity contribution in [3.63, 3.8) is 0 Å². The Morgan fingerprint density at radius 3 is 2.58 bits per heavy atom. The molecular formula is C26H34ClN5O5S. The van der Waals surface area contributed by atoms with Crippen LogP contribution in [0.4, 0.5) is 0 Å². The van der Waals surface area contributed by atoms with Crippen molar-refractivity contribution in [3.8, 4) is 0 Å². The molecule has 1 atom stereocenters. The molecule has 2 aromatic rings. The minimum absolute atomic E-state index is 0.0294. The molecule has 1 aromatic heterocycles. The van der Waals surface area contributed by atoms with Gasteiger partial charge in [-0.15, -0.1) is 0 Å². The van der Waals surface area contributed by atoms with Gasteiger partial charge in [0, 0.05) is 54.1 Å². The summed E-state index contributed by atoms with van der Waals surface area (Å²) in [5, 5.41) is 1.23. The zero-order chi connectivity index (χ0) is 26.9. The minimum atomic E-state index is -4.00. The fourth-order valence-electron chi connectivity index (χ4n) is 6.78. The number of piperidine rings is 1. The number of H-pyrrole nitrogens is 1. The lowest BCUT2D eigenvalue weighted by Crippen LogP contribution is -2.70. The number of piperazine rings is 1. The van der Waals surface area contributed by atoms with Crippen LogP contribution in [-0.2, 0) is 24.3 Å². The van der Waals surface area contributed by atoms with Crippen LogP contribution in [-0.4, -0.2) is 109 Å². The molecule has 3 aliphatic heterocycles. The topological polar surface area (TPSA) is 106 Å². The molecule has 4 aliphatic rings. The number of ether oxygens (including phenoxy) is 1. The molecule has 3 saturated heterocycles. The van der Waals surface area contributed by atoms with Gasteiger partial charge in [0.1, 0.15) is 10.7 Å². The number of hydrogen-bond acceptors (Lipinski definition) is 6. The number of aromatic amines is 1. The molecule has 1 unspecified atom stereocenters. The van der Waals surface area contributed by atoms with Crippen LogP contribution in [0.25, 0.3) is 10.9 Å². The molecule has 38 heavy (non-hydrogen) atoms. The summed E-state index contributed by atoms with van der Waals surface area (Å²) >= 11 is 6.10. The lowest BCUT2D eigenvalue weighted by molar-refractivity contribution is -0.153. The second-order valence-electron chi connectivity index (χ2n) is 11.3. The van der Waals surface area contributed by atoms with Crippen molar-refractivity contribution in [2.45, 2.75) is 48.3 Å². The Bertz CT molecular complexity index is 1380. The first-order valence-corrected chi connectivity index (χ1v) is 15.0. The number of rotatable bonds is 5. The van der Waals surface area contributed by atoms with Gasteiger partial charge in [0.15, 0.2) is 0 Å². The van der Waals surface area contributed by atoms with Gasteiger partial charge in [0.2, 0.25) is 11.8 Å². The normalized spacial score (nSPS) is 26.8. The third-order valence-corrected chi connectivity index (χ3v) is 11.3. The summed E-state index contributed by atoms with van der Waals surface area (Å²) in [6.07, 6.45) is 4.54. The Labute approximate surface area is 227 Å². The van der Waals surface area contributed by atoms with E-state index >= 15 is 0 Å². The summed E-state index contributed by atoms with van der Waals surface area (Å²) in [6.45, 7) is 1.81. The summed E-state index contributed by atoms with van der Waals surface area (Å²) in [6, 6.07) is 6.71. The van der Waals surface area contributed by atoms with Crippen molar-refractivity contribution in [1.29, 1.82) is 0 Å². The summed E-state index contributed by atoms with van der Waals surface area (Å²) < 4.78 is 34.5. The number of likely N-dealkylation sites (tertiary alicyclic amines) is 1. The molecule has 4 heterocycles. The van der Waals surface area contributed by atoms with Gasteiger partial charge in [-0.3, -0.25) is 14.5 Å². The maximum Gasteiger partial charge on any atom is 0.259 e. The number of fused-ring (bicyclic) bond motifs is 2. The number of methoxy groups -OCH3 is 1. The van der Waals surface area contributed by atoms with E-state index in [-0.39, 0.29) is 48.0 Å². The zero-order valence-electron chi connectivity index (χ0n) is 21.8. The Kier molecular flexibility index (Phi) is 6.31. The molecule has 1 saturated carbocycles. The fraction of sp³-hybridized carbons (Fsp3) is 0.615. The molecule has 1 N–H and O–H groups in total. The van der Waals surface area contributed by atoms with E-state index in [1.807, 2.05) is 16.8 Å². The van der Waals surface area contributed by atoms with Crippen molar-refractivity contribution in [1.82, 2.24) is 24.0 Å². The highest BCUT2D eigenvalue weighted by molar-refractivity contribution is 7.89. The van der Waals surface area contributed by atoms with Gasteiger partial charge in [-0.1, -0.05) is 18.0 Å². The molecule has 0 radical (unpaired) electrons. The minimum Gasteiger partial charge on any atom is -0.381 e. The summed E-state index contributed by atoms with van der Waals surface area (Å²) in [5.74, 6) is 0.175. The number of carbonyl (C=O) groups is 2. The van der Waals surface area contributed by atoms with Crippen molar-refractivity contribution in [2.75, 3.05) is 53.5 Å². The van der Waals surface area contributed by atoms with Crippen LogP contribution in [0.5, 0.6) is 0 Å². The van der Waals surface area contributed by atoms with Gasteiger partial charge in [0.05, 0.1) is 19.7 Å². The highest BCUT2D eigenvalue weighted by atomic mass is 35.5. The number of aromatic nitrogens is 1. The molecule has 0 bridgehead atoms. The monoisotopic (exact) mass is 563 g/mol. The Balaban J connectivity index is 1.28. The highest BCUT2D eigenvalue weighted by Gasteiger charge is 2.63. The van der Waals surface area contributed by atoms with Gasteiger partial charge in [-0.2, -0.15) is 4.31 Å². The Hall–Kier alpha value is -2.18. The summed E-state index contributed by atoms with van der Waals surface area (Å²) in [4.78, 5) is 35.4.